The highest BCUT2D eigenvalue weighted by Gasteiger charge is 2.31. The largest absolute Gasteiger partial charge is 0.456 e. The van der Waals surface area contributed by atoms with Gasteiger partial charge >= 0.3 is 6.18 Å². The van der Waals surface area contributed by atoms with Gasteiger partial charge in [0, 0.05) is 12.1 Å². The number of nitro groups is 1. The predicted molar refractivity (Wildman–Crippen MR) is 69.3 cm³/mol. The van der Waals surface area contributed by atoms with Gasteiger partial charge in [-0.15, -0.1) is 0 Å². The van der Waals surface area contributed by atoms with Gasteiger partial charge in [-0.2, -0.15) is 18.4 Å². The fourth-order valence-corrected chi connectivity index (χ4v) is 1.65. The molecule has 2 rings (SSSR count). The third-order valence-electron chi connectivity index (χ3n) is 2.70. The summed E-state index contributed by atoms with van der Waals surface area (Å²) in [6, 6.07) is 9.08. The van der Waals surface area contributed by atoms with E-state index in [-0.39, 0.29) is 22.7 Å². The van der Waals surface area contributed by atoms with E-state index < -0.39 is 16.7 Å². The molecule has 0 heterocycles. The monoisotopic (exact) mass is 308 g/mol. The van der Waals surface area contributed by atoms with Gasteiger partial charge in [0.15, 0.2) is 0 Å². The molecule has 8 heteroatoms. The van der Waals surface area contributed by atoms with Crippen LogP contribution in [0.5, 0.6) is 11.5 Å². The van der Waals surface area contributed by atoms with Gasteiger partial charge in [-0.3, -0.25) is 10.1 Å². The maximum absolute atomic E-state index is 12.6. The lowest BCUT2D eigenvalue weighted by atomic mass is 10.1. The first-order valence-corrected chi connectivity index (χ1v) is 5.85. The summed E-state index contributed by atoms with van der Waals surface area (Å²) in [7, 11) is 0. The van der Waals surface area contributed by atoms with Gasteiger partial charge in [-0.05, 0) is 30.3 Å². The molecule has 22 heavy (non-hydrogen) atoms. The highest BCUT2D eigenvalue weighted by molar-refractivity contribution is 5.48. The lowest BCUT2D eigenvalue weighted by Crippen LogP contribution is -2.05. The Morgan fingerprint density at radius 3 is 2.27 bits per heavy atom. The van der Waals surface area contributed by atoms with Crippen LogP contribution in [0.3, 0.4) is 0 Å². The van der Waals surface area contributed by atoms with Gasteiger partial charge in [0.25, 0.3) is 5.69 Å². The van der Waals surface area contributed by atoms with E-state index in [1.165, 1.54) is 24.3 Å². The van der Waals surface area contributed by atoms with Crippen molar-refractivity contribution < 1.29 is 22.8 Å². The summed E-state index contributed by atoms with van der Waals surface area (Å²) in [6.07, 6.45) is -4.56. The summed E-state index contributed by atoms with van der Waals surface area (Å²) in [5.74, 6) is 0.103. The maximum atomic E-state index is 12.6. The van der Waals surface area contributed by atoms with Gasteiger partial charge in [0.2, 0.25) is 0 Å². The molecule has 0 aliphatic heterocycles. The molecule has 0 saturated carbocycles. The molecule has 0 radical (unpaired) electrons. The number of nitro benzene ring substituents is 1. The average Bonchev–Trinajstić information content (AvgIpc) is 2.47. The van der Waals surface area contributed by atoms with Crippen LogP contribution in [0.25, 0.3) is 0 Å². The molecule has 0 unspecified atom stereocenters. The summed E-state index contributed by atoms with van der Waals surface area (Å²) in [4.78, 5) is 9.92. The first-order valence-electron chi connectivity index (χ1n) is 5.85. The minimum absolute atomic E-state index is 0.0654. The summed E-state index contributed by atoms with van der Waals surface area (Å²) in [5.41, 5.74) is -1.39. The molecule has 0 aliphatic rings. The van der Waals surface area contributed by atoms with Gasteiger partial charge in [-0.1, -0.05) is 0 Å². The molecule has 0 amide bonds. The van der Waals surface area contributed by atoms with Gasteiger partial charge in [-0.25, -0.2) is 0 Å². The number of hydrogen-bond acceptors (Lipinski definition) is 4. The minimum Gasteiger partial charge on any atom is -0.456 e. The molecular formula is C14H7F3N2O3. The van der Waals surface area contributed by atoms with Gasteiger partial charge in [0.05, 0.1) is 16.1 Å². The van der Waals surface area contributed by atoms with Crippen molar-refractivity contribution >= 4 is 5.69 Å². The molecule has 0 bridgehead atoms. The Bertz CT molecular complexity index is 749. The molecule has 5 nitrogen and oxygen atoms in total. The lowest BCUT2D eigenvalue weighted by molar-refractivity contribution is -0.384. The molecule has 2 aromatic carbocycles. The van der Waals surface area contributed by atoms with E-state index in [1.807, 2.05) is 0 Å². The second-order valence-corrected chi connectivity index (χ2v) is 4.17. The van der Waals surface area contributed by atoms with Crippen LogP contribution in [0.1, 0.15) is 11.1 Å². The summed E-state index contributed by atoms with van der Waals surface area (Å²) < 4.78 is 43.0. The van der Waals surface area contributed by atoms with E-state index in [0.29, 0.717) is 6.07 Å². The van der Waals surface area contributed by atoms with E-state index >= 15 is 0 Å². The number of benzene rings is 2. The van der Waals surface area contributed by atoms with Crippen LogP contribution in [0.4, 0.5) is 18.9 Å². The van der Waals surface area contributed by atoms with Crippen molar-refractivity contribution in [3.8, 4) is 17.6 Å². The van der Waals surface area contributed by atoms with Crippen molar-refractivity contribution in [2.75, 3.05) is 0 Å². The highest BCUT2D eigenvalue weighted by Crippen LogP contribution is 2.34. The Balaban J connectivity index is 2.30. The smallest absolute Gasteiger partial charge is 0.416 e. The molecule has 0 saturated heterocycles. The topological polar surface area (TPSA) is 76.2 Å². The van der Waals surface area contributed by atoms with Crippen LogP contribution >= 0.6 is 0 Å². The van der Waals surface area contributed by atoms with Crippen molar-refractivity contribution in [3.05, 3.63) is 63.7 Å². The first-order chi connectivity index (χ1) is 10.3. The lowest BCUT2D eigenvalue weighted by Gasteiger charge is -2.10. The molecule has 0 fully saturated rings. The molecule has 2 aromatic rings. The standard InChI is InChI=1S/C14H7F3N2O3/c15-14(16,17)10-1-6-13(9(7-10)8-18)22-12-4-2-11(3-5-12)19(20)21/h1-7H. The van der Waals surface area contributed by atoms with Crippen LogP contribution < -0.4 is 4.74 Å². The summed E-state index contributed by atoms with van der Waals surface area (Å²) in [6.45, 7) is 0. The van der Waals surface area contributed by atoms with Crippen molar-refractivity contribution in [3.63, 3.8) is 0 Å². The number of ether oxygens (including phenoxy) is 1. The minimum atomic E-state index is -4.56. The quantitative estimate of drug-likeness (QED) is 0.626. The molecule has 0 atom stereocenters. The Morgan fingerprint density at radius 1 is 1.14 bits per heavy atom. The molecule has 0 spiro atoms. The molecule has 112 valence electrons. The zero-order chi connectivity index (χ0) is 16.3. The number of halogens is 3. The highest BCUT2D eigenvalue weighted by atomic mass is 19.4. The first kappa shape index (κ1) is 15.3. The van der Waals surface area contributed by atoms with Crippen molar-refractivity contribution in [2.45, 2.75) is 6.18 Å². The fourth-order valence-electron chi connectivity index (χ4n) is 1.65. The molecule has 0 aromatic heterocycles. The van der Waals surface area contributed by atoms with Crippen molar-refractivity contribution in [1.29, 1.82) is 5.26 Å². The SMILES string of the molecule is N#Cc1cc(C(F)(F)F)ccc1Oc1ccc([N+](=O)[O-])cc1. The fraction of sp³-hybridized carbons (Fsp3) is 0.0714. The van der Waals surface area contributed by atoms with Crippen molar-refractivity contribution in [1.82, 2.24) is 0 Å². The third kappa shape index (κ3) is 3.32. The number of nitrogens with zero attached hydrogens (tertiary/aromatic N) is 2. The van der Waals surface area contributed by atoms with Crippen LogP contribution in [-0.2, 0) is 6.18 Å². The van der Waals surface area contributed by atoms with Crippen LogP contribution in [0.2, 0.25) is 0 Å². The van der Waals surface area contributed by atoms with E-state index in [1.54, 1.807) is 6.07 Å². The summed E-state index contributed by atoms with van der Waals surface area (Å²) in [5, 5.41) is 19.4. The Labute approximate surface area is 122 Å². The average molecular weight is 308 g/mol. The maximum Gasteiger partial charge on any atom is 0.416 e. The number of nitriles is 1. The second kappa shape index (κ2) is 5.73. The predicted octanol–water partition coefficient (Wildman–Crippen LogP) is 4.28. The Hall–Kier alpha value is -3.08. The van der Waals surface area contributed by atoms with E-state index in [0.717, 1.165) is 12.1 Å². The van der Waals surface area contributed by atoms with Crippen LogP contribution in [-0.4, -0.2) is 4.92 Å². The Morgan fingerprint density at radius 2 is 1.77 bits per heavy atom. The number of rotatable bonds is 3. The van der Waals surface area contributed by atoms with E-state index in [2.05, 4.69) is 0 Å². The van der Waals surface area contributed by atoms with Gasteiger partial charge in [0.1, 0.15) is 17.6 Å². The zero-order valence-electron chi connectivity index (χ0n) is 10.8. The molecule has 0 N–H and O–H groups in total. The zero-order valence-corrected chi connectivity index (χ0v) is 10.8. The molecule has 0 aliphatic carbocycles. The van der Waals surface area contributed by atoms with E-state index in [9.17, 15) is 23.3 Å². The number of alkyl halides is 3. The van der Waals surface area contributed by atoms with E-state index in [4.69, 9.17) is 10.00 Å². The number of non-ortho nitro benzene ring substituents is 1. The summed E-state index contributed by atoms with van der Waals surface area (Å²) >= 11 is 0. The molecular weight excluding hydrogens is 301 g/mol. The Kier molecular flexibility index (Phi) is 3.99. The third-order valence-corrected chi connectivity index (χ3v) is 2.70. The van der Waals surface area contributed by atoms with Crippen LogP contribution in [0.15, 0.2) is 42.5 Å². The second-order valence-electron chi connectivity index (χ2n) is 4.17. The van der Waals surface area contributed by atoms with Gasteiger partial charge < -0.3 is 4.74 Å². The van der Waals surface area contributed by atoms with Crippen molar-refractivity contribution in [2.24, 2.45) is 0 Å². The van der Waals surface area contributed by atoms with Crippen LogP contribution in [0, 0.1) is 21.4 Å². The normalized spacial score (nSPS) is 10.8. The number of hydrogen-bond donors (Lipinski definition) is 0.